The largest absolute Gasteiger partial charge is 0.462 e. The van der Waals surface area contributed by atoms with E-state index in [2.05, 4.69) is 62.5 Å². The van der Waals surface area contributed by atoms with Crippen LogP contribution in [0, 0.1) is 0 Å². The molecule has 3 N–H and O–H groups in total. The highest BCUT2D eigenvalue weighted by molar-refractivity contribution is 5.77. The molecule has 0 bridgehead atoms. The summed E-state index contributed by atoms with van der Waals surface area (Å²) in [4.78, 5) is 26.1. The van der Waals surface area contributed by atoms with E-state index in [0.717, 1.165) is 83.5 Å². The summed E-state index contributed by atoms with van der Waals surface area (Å²) in [5.74, 6) is -0.499. The lowest BCUT2D eigenvalue weighted by molar-refractivity contribution is -0.151. The Morgan fingerprint density at radius 1 is 0.475 bits per heavy atom. The predicted molar refractivity (Wildman–Crippen MR) is 264 cm³/mol. The van der Waals surface area contributed by atoms with Crippen LogP contribution in [0.4, 0.5) is 0 Å². The van der Waals surface area contributed by atoms with Gasteiger partial charge < -0.3 is 20.3 Å². The number of ether oxygens (including phenoxy) is 1. The summed E-state index contributed by atoms with van der Waals surface area (Å²) in [6, 6.07) is -0.706. The number of carbonyl (C=O) groups excluding carboxylic acids is 2. The van der Waals surface area contributed by atoms with Gasteiger partial charge in [0, 0.05) is 6.42 Å². The zero-order valence-corrected chi connectivity index (χ0v) is 40.3. The number of nitrogens with one attached hydrogen (secondary N) is 1. The first kappa shape index (κ1) is 58.6. The third kappa shape index (κ3) is 44.0. The highest BCUT2D eigenvalue weighted by atomic mass is 16.5. The fourth-order valence-electron chi connectivity index (χ4n) is 7.76. The number of hydrogen-bond donors (Lipinski definition) is 3. The molecule has 354 valence electrons. The molecule has 0 saturated carbocycles. The molecule has 0 aromatic carbocycles. The number of carbonyl (C=O) groups is 2. The van der Waals surface area contributed by atoms with Crippen molar-refractivity contribution in [3.05, 3.63) is 60.8 Å². The number of allylic oxidation sites excluding steroid dienone is 10. The van der Waals surface area contributed by atoms with Gasteiger partial charge in [-0.2, -0.15) is 0 Å². The molecule has 0 aliphatic rings. The molecule has 0 aliphatic carbocycles. The highest BCUT2D eigenvalue weighted by Gasteiger charge is 2.24. The smallest absolute Gasteiger partial charge is 0.306 e. The summed E-state index contributed by atoms with van der Waals surface area (Å²) in [6.45, 7) is 6.39. The van der Waals surface area contributed by atoms with Crippen LogP contribution in [-0.2, 0) is 14.3 Å². The molecule has 0 fully saturated rings. The van der Waals surface area contributed by atoms with Gasteiger partial charge in [-0.05, 0) is 44.9 Å². The zero-order chi connectivity index (χ0) is 44.5. The second kappa shape index (κ2) is 48.6. The quantitative estimate of drug-likeness (QED) is 0.0322. The van der Waals surface area contributed by atoms with Gasteiger partial charge in [-0.1, -0.05) is 255 Å². The molecule has 1 amide bonds. The van der Waals surface area contributed by atoms with Gasteiger partial charge in [0.15, 0.2) is 0 Å². The zero-order valence-electron chi connectivity index (χ0n) is 40.3. The number of aliphatic hydroxyl groups is 2. The van der Waals surface area contributed by atoms with Gasteiger partial charge in [-0.3, -0.25) is 9.59 Å². The number of amides is 1. The molecule has 6 heteroatoms. The van der Waals surface area contributed by atoms with Gasteiger partial charge in [0.05, 0.1) is 25.2 Å². The van der Waals surface area contributed by atoms with Gasteiger partial charge >= 0.3 is 5.97 Å². The van der Waals surface area contributed by atoms with Crippen molar-refractivity contribution in [3.8, 4) is 0 Å². The minimum absolute atomic E-state index is 0.0675. The van der Waals surface area contributed by atoms with Crippen molar-refractivity contribution in [1.82, 2.24) is 5.32 Å². The fraction of sp³-hybridized carbons (Fsp3) is 0.782. The highest BCUT2D eigenvalue weighted by Crippen LogP contribution is 2.18. The van der Waals surface area contributed by atoms with Gasteiger partial charge in [0.25, 0.3) is 0 Å². The van der Waals surface area contributed by atoms with Crippen LogP contribution in [-0.4, -0.2) is 46.9 Å². The van der Waals surface area contributed by atoms with E-state index >= 15 is 0 Å². The summed E-state index contributed by atoms with van der Waals surface area (Å²) in [6.07, 6.45) is 59.9. The Morgan fingerprint density at radius 3 is 1.33 bits per heavy atom. The summed E-state index contributed by atoms with van der Waals surface area (Å²) in [7, 11) is 0. The minimum atomic E-state index is -0.792. The van der Waals surface area contributed by atoms with Crippen molar-refractivity contribution in [3.63, 3.8) is 0 Å². The van der Waals surface area contributed by atoms with Crippen molar-refractivity contribution in [2.24, 2.45) is 0 Å². The van der Waals surface area contributed by atoms with E-state index in [1.807, 2.05) is 24.3 Å². The lowest BCUT2D eigenvalue weighted by atomic mass is 10.0. The van der Waals surface area contributed by atoms with E-state index in [-0.39, 0.29) is 24.9 Å². The second-order valence-corrected chi connectivity index (χ2v) is 17.7. The molecule has 6 nitrogen and oxygen atoms in total. The topological polar surface area (TPSA) is 95.9 Å². The van der Waals surface area contributed by atoms with Crippen LogP contribution in [0.2, 0.25) is 0 Å². The molecule has 0 saturated heterocycles. The minimum Gasteiger partial charge on any atom is -0.462 e. The standard InChI is InChI=1S/C55H99NO5/c1-4-7-10-13-16-19-22-24-26-27-28-29-31-33-36-39-42-45-48-55(60)61-51(46-43-40-37-34-21-18-15-12-9-6-3)49-54(59)56-52(50-57)53(58)47-44-41-38-35-32-30-25-23-20-17-14-11-8-5-2/h10,13,16,19,22,24,26-29,51-53,57-58H,4-9,11-12,14-15,17-18,20-21,23,25,30-50H2,1-3H3,(H,56,59)/b13-10+,19-16+,24-22+,27-26+,29-28+. The van der Waals surface area contributed by atoms with Crippen LogP contribution in [0.3, 0.4) is 0 Å². The predicted octanol–water partition coefficient (Wildman–Crippen LogP) is 15.6. The average Bonchev–Trinajstić information content (AvgIpc) is 3.25. The van der Waals surface area contributed by atoms with Crippen LogP contribution in [0.25, 0.3) is 0 Å². The Bertz CT molecular complexity index is 1090. The number of esters is 1. The Kier molecular flexibility index (Phi) is 46.6. The SMILES string of the molecule is CCC/C=C/C=C/C=C/C=C/C=C/CCCCCCCC(=O)OC(CCCCCCCCCCCC)CC(=O)NC(CO)C(O)CCCCCCCCCCCCCCCC. The van der Waals surface area contributed by atoms with Crippen LogP contribution >= 0.6 is 0 Å². The Labute approximate surface area is 378 Å². The molecule has 0 rings (SSSR count). The maximum absolute atomic E-state index is 13.2. The first-order valence-electron chi connectivity index (χ1n) is 26.1. The number of aliphatic hydroxyl groups excluding tert-OH is 2. The van der Waals surface area contributed by atoms with E-state index < -0.39 is 18.2 Å². The summed E-state index contributed by atoms with van der Waals surface area (Å²) in [5.41, 5.74) is 0. The van der Waals surface area contributed by atoms with Crippen molar-refractivity contribution >= 4 is 11.9 Å². The van der Waals surface area contributed by atoms with Crippen LogP contribution in [0.5, 0.6) is 0 Å². The van der Waals surface area contributed by atoms with Gasteiger partial charge in [-0.15, -0.1) is 0 Å². The van der Waals surface area contributed by atoms with Crippen LogP contribution in [0.1, 0.15) is 252 Å². The maximum atomic E-state index is 13.2. The normalized spacial score (nSPS) is 13.7. The van der Waals surface area contributed by atoms with Crippen LogP contribution in [0.15, 0.2) is 60.8 Å². The number of rotatable bonds is 46. The molecule has 0 aromatic rings. The first-order chi connectivity index (χ1) is 30.0. The van der Waals surface area contributed by atoms with Crippen molar-refractivity contribution in [1.29, 1.82) is 0 Å². The molecule has 3 unspecified atom stereocenters. The molecule has 0 aromatic heterocycles. The lowest BCUT2D eigenvalue weighted by Crippen LogP contribution is -2.46. The first-order valence-corrected chi connectivity index (χ1v) is 26.1. The van der Waals surface area contributed by atoms with E-state index in [4.69, 9.17) is 4.74 Å². The number of hydrogen-bond acceptors (Lipinski definition) is 5. The molecular formula is C55H99NO5. The van der Waals surface area contributed by atoms with E-state index in [1.54, 1.807) is 0 Å². The van der Waals surface area contributed by atoms with Crippen molar-refractivity contribution < 1.29 is 24.5 Å². The molecular weight excluding hydrogens is 755 g/mol. The summed E-state index contributed by atoms with van der Waals surface area (Å²) in [5, 5.41) is 23.8. The maximum Gasteiger partial charge on any atom is 0.306 e. The second-order valence-electron chi connectivity index (χ2n) is 17.7. The summed E-state index contributed by atoms with van der Waals surface area (Å²) < 4.78 is 5.92. The molecule has 0 spiro atoms. The summed E-state index contributed by atoms with van der Waals surface area (Å²) >= 11 is 0. The molecule has 0 heterocycles. The van der Waals surface area contributed by atoms with E-state index in [1.165, 1.54) is 122 Å². The lowest BCUT2D eigenvalue weighted by Gasteiger charge is -2.24. The Hall–Kier alpha value is -2.44. The van der Waals surface area contributed by atoms with Crippen molar-refractivity contribution in [2.75, 3.05) is 6.61 Å². The van der Waals surface area contributed by atoms with Crippen molar-refractivity contribution in [2.45, 2.75) is 270 Å². The monoisotopic (exact) mass is 854 g/mol. The van der Waals surface area contributed by atoms with E-state index in [9.17, 15) is 19.8 Å². The average molecular weight is 854 g/mol. The molecule has 0 aliphatic heterocycles. The fourth-order valence-corrected chi connectivity index (χ4v) is 7.76. The molecule has 0 radical (unpaired) electrons. The van der Waals surface area contributed by atoms with Gasteiger partial charge in [0.2, 0.25) is 5.91 Å². The van der Waals surface area contributed by atoms with Gasteiger partial charge in [-0.25, -0.2) is 0 Å². The molecule has 3 atom stereocenters. The third-order valence-electron chi connectivity index (χ3n) is 11.7. The Morgan fingerprint density at radius 2 is 0.869 bits per heavy atom. The van der Waals surface area contributed by atoms with Crippen LogP contribution < -0.4 is 5.32 Å². The number of unbranched alkanes of at least 4 members (excludes halogenated alkanes) is 28. The third-order valence-corrected chi connectivity index (χ3v) is 11.7. The Balaban J connectivity index is 4.54. The van der Waals surface area contributed by atoms with E-state index in [0.29, 0.717) is 19.3 Å². The van der Waals surface area contributed by atoms with Gasteiger partial charge in [0.1, 0.15) is 6.10 Å². The molecule has 61 heavy (non-hydrogen) atoms.